The van der Waals surface area contributed by atoms with Crippen molar-refractivity contribution in [3.05, 3.63) is 18.0 Å². The summed E-state index contributed by atoms with van der Waals surface area (Å²) in [7, 11) is 3.71. The van der Waals surface area contributed by atoms with Crippen molar-refractivity contribution in [1.82, 2.24) is 15.1 Å². The lowest BCUT2D eigenvalue weighted by molar-refractivity contribution is 0.188. The zero-order chi connectivity index (χ0) is 11.8. The van der Waals surface area contributed by atoms with E-state index in [1.165, 1.54) is 5.56 Å². The summed E-state index contributed by atoms with van der Waals surface area (Å²) >= 11 is 0. The Kier molecular flexibility index (Phi) is 6.11. The number of nitrogens with one attached hydrogen (secondary N) is 1. The van der Waals surface area contributed by atoms with Crippen LogP contribution in [0.15, 0.2) is 12.4 Å². The molecule has 1 heterocycles. The molecule has 1 aromatic rings. The first kappa shape index (κ1) is 13.2. The van der Waals surface area contributed by atoms with Gasteiger partial charge < -0.3 is 10.1 Å². The van der Waals surface area contributed by atoms with Crippen molar-refractivity contribution in [3.63, 3.8) is 0 Å². The van der Waals surface area contributed by atoms with Crippen LogP contribution in [-0.4, -0.2) is 36.1 Å². The number of ether oxygens (including phenoxy) is 1. The molecule has 0 amide bonds. The molecule has 0 saturated carbocycles. The van der Waals surface area contributed by atoms with Crippen LogP contribution in [0.2, 0.25) is 0 Å². The molecule has 0 fully saturated rings. The summed E-state index contributed by atoms with van der Waals surface area (Å²) in [6.07, 6.45) is 7.33. The Labute approximate surface area is 98.0 Å². The third kappa shape index (κ3) is 4.77. The molecular weight excluding hydrogens is 202 g/mol. The van der Waals surface area contributed by atoms with Crippen molar-refractivity contribution in [2.45, 2.75) is 32.2 Å². The van der Waals surface area contributed by atoms with Gasteiger partial charge in [0.25, 0.3) is 0 Å². The molecule has 0 aromatic carbocycles. The third-order valence-corrected chi connectivity index (χ3v) is 2.63. The quantitative estimate of drug-likeness (QED) is 0.679. The fourth-order valence-corrected chi connectivity index (χ4v) is 1.90. The van der Waals surface area contributed by atoms with Crippen LogP contribution >= 0.6 is 0 Å². The average Bonchev–Trinajstić information content (AvgIpc) is 2.65. The van der Waals surface area contributed by atoms with Gasteiger partial charge in [0, 0.05) is 33.0 Å². The van der Waals surface area contributed by atoms with Crippen molar-refractivity contribution in [1.29, 1.82) is 0 Å². The Morgan fingerprint density at radius 3 is 2.94 bits per heavy atom. The van der Waals surface area contributed by atoms with Crippen LogP contribution in [0.4, 0.5) is 0 Å². The molecule has 1 rings (SSSR count). The van der Waals surface area contributed by atoms with E-state index >= 15 is 0 Å². The van der Waals surface area contributed by atoms with E-state index in [0.717, 1.165) is 32.4 Å². The molecule has 4 nitrogen and oxygen atoms in total. The van der Waals surface area contributed by atoms with E-state index < -0.39 is 0 Å². The normalized spacial score (nSPS) is 12.9. The monoisotopic (exact) mass is 225 g/mol. The predicted octanol–water partition coefficient (Wildman–Crippen LogP) is 1.37. The highest BCUT2D eigenvalue weighted by Crippen LogP contribution is 2.07. The van der Waals surface area contributed by atoms with E-state index in [9.17, 15) is 0 Å². The molecule has 0 saturated heterocycles. The van der Waals surface area contributed by atoms with E-state index in [0.29, 0.717) is 6.04 Å². The molecule has 0 aliphatic carbocycles. The maximum absolute atomic E-state index is 5.08. The maximum Gasteiger partial charge on any atom is 0.0522 e. The highest BCUT2D eigenvalue weighted by atomic mass is 16.5. The molecule has 1 atom stereocenters. The molecule has 0 aliphatic heterocycles. The number of nitrogens with zero attached hydrogens (tertiary/aromatic N) is 2. The van der Waals surface area contributed by atoms with Crippen LogP contribution in [0.1, 0.15) is 25.3 Å². The molecule has 16 heavy (non-hydrogen) atoms. The number of hydrogen-bond acceptors (Lipinski definition) is 3. The zero-order valence-electron chi connectivity index (χ0n) is 10.6. The predicted molar refractivity (Wildman–Crippen MR) is 65.5 cm³/mol. The second-order valence-electron chi connectivity index (χ2n) is 4.12. The lowest BCUT2D eigenvalue weighted by Gasteiger charge is -2.16. The first-order valence-corrected chi connectivity index (χ1v) is 5.96. The Balaban J connectivity index is 2.37. The van der Waals surface area contributed by atoms with Gasteiger partial charge in [-0.15, -0.1) is 0 Å². The molecule has 1 aromatic heterocycles. The second kappa shape index (κ2) is 7.41. The van der Waals surface area contributed by atoms with Gasteiger partial charge in [0.1, 0.15) is 0 Å². The summed E-state index contributed by atoms with van der Waals surface area (Å²) in [5.74, 6) is 0. The SMILES string of the molecule is CCNC(CCCOC)Cc1cnn(C)c1. The minimum absolute atomic E-state index is 0.532. The van der Waals surface area contributed by atoms with Crippen molar-refractivity contribution in [2.24, 2.45) is 7.05 Å². The van der Waals surface area contributed by atoms with Gasteiger partial charge in [-0.25, -0.2) is 0 Å². The first-order chi connectivity index (χ1) is 7.76. The third-order valence-electron chi connectivity index (χ3n) is 2.63. The van der Waals surface area contributed by atoms with Crippen LogP contribution < -0.4 is 5.32 Å². The van der Waals surface area contributed by atoms with Gasteiger partial charge in [-0.1, -0.05) is 6.92 Å². The lowest BCUT2D eigenvalue weighted by atomic mass is 10.0. The van der Waals surface area contributed by atoms with E-state index in [1.54, 1.807) is 7.11 Å². The average molecular weight is 225 g/mol. The first-order valence-electron chi connectivity index (χ1n) is 5.96. The number of aromatic nitrogens is 2. The van der Waals surface area contributed by atoms with Gasteiger partial charge >= 0.3 is 0 Å². The molecule has 0 spiro atoms. The summed E-state index contributed by atoms with van der Waals surface area (Å²) in [6.45, 7) is 4.00. The highest BCUT2D eigenvalue weighted by molar-refractivity contribution is 5.05. The lowest BCUT2D eigenvalue weighted by Crippen LogP contribution is -2.31. The Morgan fingerprint density at radius 2 is 2.38 bits per heavy atom. The fraction of sp³-hybridized carbons (Fsp3) is 0.750. The van der Waals surface area contributed by atoms with E-state index in [2.05, 4.69) is 23.5 Å². The summed E-state index contributed by atoms with van der Waals surface area (Å²) in [6, 6.07) is 0.532. The summed E-state index contributed by atoms with van der Waals surface area (Å²) in [5, 5.41) is 7.70. The van der Waals surface area contributed by atoms with Crippen LogP contribution in [0.3, 0.4) is 0 Å². The van der Waals surface area contributed by atoms with Gasteiger partial charge in [0.05, 0.1) is 6.20 Å². The van der Waals surface area contributed by atoms with Crippen LogP contribution in [0, 0.1) is 0 Å². The molecule has 0 bridgehead atoms. The molecule has 1 unspecified atom stereocenters. The summed E-state index contributed by atoms with van der Waals surface area (Å²) in [5.41, 5.74) is 1.30. The molecule has 0 aliphatic rings. The minimum atomic E-state index is 0.532. The topological polar surface area (TPSA) is 39.1 Å². The molecule has 1 N–H and O–H groups in total. The van der Waals surface area contributed by atoms with Gasteiger partial charge in [0.2, 0.25) is 0 Å². The van der Waals surface area contributed by atoms with Crippen LogP contribution in [0.5, 0.6) is 0 Å². The fourth-order valence-electron chi connectivity index (χ4n) is 1.90. The molecule has 92 valence electrons. The Bertz CT molecular complexity index is 286. The van der Waals surface area contributed by atoms with E-state index in [1.807, 2.05) is 17.9 Å². The minimum Gasteiger partial charge on any atom is -0.385 e. The van der Waals surface area contributed by atoms with Gasteiger partial charge in [-0.2, -0.15) is 5.10 Å². The highest BCUT2D eigenvalue weighted by Gasteiger charge is 2.09. The van der Waals surface area contributed by atoms with E-state index in [-0.39, 0.29) is 0 Å². The zero-order valence-corrected chi connectivity index (χ0v) is 10.6. The maximum atomic E-state index is 5.08. The van der Waals surface area contributed by atoms with Crippen LogP contribution in [-0.2, 0) is 18.2 Å². The standard InChI is InChI=1S/C12H23N3O/c1-4-13-12(6-5-7-16-3)8-11-9-14-15(2)10-11/h9-10,12-13H,4-8H2,1-3H3. The second-order valence-corrected chi connectivity index (χ2v) is 4.12. The number of rotatable bonds is 8. The van der Waals surface area contributed by atoms with Crippen molar-refractivity contribution in [2.75, 3.05) is 20.3 Å². The number of aryl methyl sites for hydroxylation is 1. The number of methoxy groups -OCH3 is 1. The van der Waals surface area contributed by atoms with Gasteiger partial charge in [-0.3, -0.25) is 4.68 Å². The summed E-state index contributed by atoms with van der Waals surface area (Å²) in [4.78, 5) is 0. The molecular formula is C12H23N3O. The van der Waals surface area contributed by atoms with E-state index in [4.69, 9.17) is 4.74 Å². The number of likely N-dealkylation sites (N-methyl/N-ethyl adjacent to an activating group) is 1. The van der Waals surface area contributed by atoms with Crippen molar-refractivity contribution >= 4 is 0 Å². The summed E-state index contributed by atoms with van der Waals surface area (Å²) < 4.78 is 6.94. The Hall–Kier alpha value is -0.870. The van der Waals surface area contributed by atoms with Gasteiger partial charge in [-0.05, 0) is 31.4 Å². The molecule has 4 heteroatoms. The smallest absolute Gasteiger partial charge is 0.0522 e. The largest absolute Gasteiger partial charge is 0.385 e. The van der Waals surface area contributed by atoms with Gasteiger partial charge in [0.15, 0.2) is 0 Å². The Morgan fingerprint density at radius 1 is 1.56 bits per heavy atom. The molecule has 0 radical (unpaired) electrons. The van der Waals surface area contributed by atoms with Crippen LogP contribution in [0.25, 0.3) is 0 Å². The van der Waals surface area contributed by atoms with Crippen molar-refractivity contribution in [3.8, 4) is 0 Å². The number of hydrogen-bond donors (Lipinski definition) is 1. The van der Waals surface area contributed by atoms with Crippen molar-refractivity contribution < 1.29 is 4.74 Å².